The number of carboxylic acid groups (broad SMARTS) is 1. The molecule has 1 aromatic heterocycles. The van der Waals surface area contributed by atoms with Crippen molar-refractivity contribution >= 4 is 24.2 Å². The zero-order valence-electron chi connectivity index (χ0n) is 7.08. The minimum absolute atomic E-state index is 0. The number of alkyl halides is 3. The summed E-state index contributed by atoms with van der Waals surface area (Å²) in [5.41, 5.74) is 2.72. The fraction of sp³-hybridized carbons (Fsp3) is 0.143. The second-order valence-corrected chi connectivity index (χ2v) is 2.42. The van der Waals surface area contributed by atoms with Gasteiger partial charge in [0.25, 0.3) is 0 Å². The molecule has 1 rings (SSSR count). The van der Waals surface area contributed by atoms with Crippen LogP contribution in [0.2, 0.25) is 0 Å². The van der Waals surface area contributed by atoms with Crippen molar-refractivity contribution in [3.8, 4) is 0 Å². The summed E-state index contributed by atoms with van der Waals surface area (Å²) in [6.45, 7) is 0. The smallest absolute Gasteiger partial charge is 0.417 e. The number of pyridine rings is 1. The summed E-state index contributed by atoms with van der Waals surface area (Å²) in [4.78, 5) is 13.7. The van der Waals surface area contributed by atoms with Gasteiger partial charge in [-0.25, -0.2) is 9.78 Å². The number of anilines is 1. The van der Waals surface area contributed by atoms with E-state index in [-0.39, 0.29) is 12.4 Å². The van der Waals surface area contributed by atoms with E-state index in [9.17, 15) is 18.0 Å². The van der Waals surface area contributed by atoms with Gasteiger partial charge < -0.3 is 10.8 Å². The predicted molar refractivity (Wildman–Crippen MR) is 47.9 cm³/mol. The van der Waals surface area contributed by atoms with Crippen molar-refractivity contribution in [1.29, 1.82) is 0 Å². The number of hydrogen-bond acceptors (Lipinski definition) is 3. The molecule has 0 aliphatic heterocycles. The van der Waals surface area contributed by atoms with Crippen LogP contribution in [-0.2, 0) is 6.18 Å². The zero-order chi connectivity index (χ0) is 10.9. The number of nitrogens with zero attached hydrogens (tertiary/aromatic N) is 1. The summed E-state index contributed by atoms with van der Waals surface area (Å²) in [7, 11) is 0. The second-order valence-electron chi connectivity index (χ2n) is 2.42. The Morgan fingerprint density at radius 2 is 2.00 bits per heavy atom. The van der Waals surface area contributed by atoms with Gasteiger partial charge in [-0.2, -0.15) is 13.2 Å². The van der Waals surface area contributed by atoms with E-state index < -0.39 is 29.1 Å². The van der Waals surface area contributed by atoms with Crippen LogP contribution in [0.5, 0.6) is 0 Å². The van der Waals surface area contributed by atoms with Crippen LogP contribution in [0.25, 0.3) is 0 Å². The summed E-state index contributed by atoms with van der Waals surface area (Å²) >= 11 is 0. The molecule has 3 N–H and O–H groups in total. The Morgan fingerprint density at radius 1 is 1.47 bits per heavy atom. The van der Waals surface area contributed by atoms with Gasteiger partial charge in [-0.1, -0.05) is 0 Å². The van der Waals surface area contributed by atoms with Crippen LogP contribution in [0.1, 0.15) is 15.9 Å². The highest BCUT2D eigenvalue weighted by Crippen LogP contribution is 2.33. The van der Waals surface area contributed by atoms with Gasteiger partial charge in [-0.15, -0.1) is 12.4 Å². The number of carboxylic acids is 1. The Balaban J connectivity index is 0.00000196. The molecule has 0 aromatic carbocycles. The van der Waals surface area contributed by atoms with Gasteiger partial charge in [-0.3, -0.25) is 0 Å². The molecule has 0 amide bonds. The maximum Gasteiger partial charge on any atom is 0.417 e. The third-order valence-electron chi connectivity index (χ3n) is 1.50. The van der Waals surface area contributed by atoms with Crippen molar-refractivity contribution in [1.82, 2.24) is 4.98 Å². The molecule has 1 aromatic rings. The first-order valence-electron chi connectivity index (χ1n) is 3.39. The van der Waals surface area contributed by atoms with E-state index in [2.05, 4.69) is 4.98 Å². The molecule has 0 aliphatic rings. The van der Waals surface area contributed by atoms with Crippen LogP contribution < -0.4 is 5.73 Å². The monoisotopic (exact) mass is 242 g/mol. The molecule has 1 heterocycles. The maximum atomic E-state index is 12.2. The number of nitrogens with two attached hydrogens (primary N) is 1. The van der Waals surface area contributed by atoms with E-state index in [1.807, 2.05) is 0 Å². The average Bonchev–Trinajstić information content (AvgIpc) is 2.01. The van der Waals surface area contributed by atoms with Crippen LogP contribution in [0.15, 0.2) is 12.3 Å². The first kappa shape index (κ1) is 13.5. The molecule has 84 valence electrons. The van der Waals surface area contributed by atoms with Gasteiger partial charge in [0, 0.05) is 6.20 Å². The summed E-state index contributed by atoms with van der Waals surface area (Å²) in [5.74, 6) is -2.39. The van der Waals surface area contributed by atoms with Gasteiger partial charge >= 0.3 is 12.1 Å². The van der Waals surface area contributed by atoms with E-state index in [4.69, 9.17) is 10.8 Å². The van der Waals surface area contributed by atoms with Gasteiger partial charge in [0.05, 0.1) is 5.56 Å². The van der Waals surface area contributed by atoms with Crippen molar-refractivity contribution in [2.24, 2.45) is 0 Å². The maximum absolute atomic E-state index is 12.2. The van der Waals surface area contributed by atoms with Gasteiger partial charge in [0.15, 0.2) is 0 Å². The zero-order valence-corrected chi connectivity index (χ0v) is 7.89. The largest absolute Gasteiger partial charge is 0.478 e. The summed E-state index contributed by atoms with van der Waals surface area (Å²) in [6, 6.07) is 0.569. The minimum atomic E-state index is -4.75. The van der Waals surface area contributed by atoms with Crippen LogP contribution in [0.4, 0.5) is 19.0 Å². The average molecular weight is 243 g/mol. The molecule has 0 fully saturated rings. The Morgan fingerprint density at radius 3 is 2.33 bits per heavy atom. The molecule has 0 saturated carbocycles. The topological polar surface area (TPSA) is 76.2 Å². The molecule has 0 unspecified atom stereocenters. The third kappa shape index (κ3) is 2.72. The van der Waals surface area contributed by atoms with Gasteiger partial charge in [0.2, 0.25) is 0 Å². The van der Waals surface area contributed by atoms with E-state index in [0.29, 0.717) is 6.07 Å². The van der Waals surface area contributed by atoms with Crippen molar-refractivity contribution in [2.45, 2.75) is 6.18 Å². The number of hydrogen-bond donors (Lipinski definition) is 2. The normalized spacial score (nSPS) is 10.6. The lowest BCUT2D eigenvalue weighted by atomic mass is 10.1. The highest BCUT2D eigenvalue weighted by atomic mass is 35.5. The van der Waals surface area contributed by atoms with Crippen molar-refractivity contribution < 1.29 is 23.1 Å². The number of rotatable bonds is 1. The van der Waals surface area contributed by atoms with E-state index in [0.717, 1.165) is 6.20 Å². The van der Waals surface area contributed by atoms with Crippen LogP contribution >= 0.6 is 12.4 Å². The van der Waals surface area contributed by atoms with Crippen LogP contribution in [-0.4, -0.2) is 16.1 Å². The summed E-state index contributed by atoms with van der Waals surface area (Å²) < 4.78 is 36.7. The standard InChI is InChI=1S/C7H5F3N2O2.ClH/c8-7(9,10)3-1-2-12-5(11)4(3)6(13)14;/h1-2H,(H2,11,12)(H,13,14);1H. The van der Waals surface area contributed by atoms with E-state index in [1.54, 1.807) is 0 Å². The first-order chi connectivity index (χ1) is 6.34. The summed E-state index contributed by atoms with van der Waals surface area (Å²) in [6.07, 6.45) is -3.94. The molecular weight excluding hydrogens is 237 g/mol. The molecule has 0 spiro atoms. The molecular formula is C7H6ClF3N2O2. The Bertz CT molecular complexity index is 381. The van der Waals surface area contributed by atoms with Crippen molar-refractivity contribution in [2.75, 3.05) is 5.73 Å². The van der Waals surface area contributed by atoms with Crippen molar-refractivity contribution in [3.05, 3.63) is 23.4 Å². The number of halogens is 4. The Hall–Kier alpha value is -1.50. The van der Waals surface area contributed by atoms with Crippen LogP contribution in [0.3, 0.4) is 0 Å². The quantitative estimate of drug-likeness (QED) is 0.787. The predicted octanol–water partition coefficient (Wildman–Crippen LogP) is 1.80. The Kier molecular flexibility index (Phi) is 3.91. The SMILES string of the molecule is Cl.Nc1nccc(C(F)(F)F)c1C(=O)O. The highest BCUT2D eigenvalue weighted by molar-refractivity contribution is 5.94. The van der Waals surface area contributed by atoms with E-state index in [1.165, 1.54) is 0 Å². The second kappa shape index (κ2) is 4.35. The lowest BCUT2D eigenvalue weighted by molar-refractivity contribution is -0.138. The molecule has 4 nitrogen and oxygen atoms in total. The first-order valence-corrected chi connectivity index (χ1v) is 3.39. The number of nitrogen functional groups attached to an aromatic ring is 1. The molecule has 0 atom stereocenters. The van der Waals surface area contributed by atoms with Gasteiger partial charge in [0.1, 0.15) is 11.4 Å². The highest BCUT2D eigenvalue weighted by Gasteiger charge is 2.36. The lowest BCUT2D eigenvalue weighted by Crippen LogP contribution is -2.15. The molecule has 8 heteroatoms. The summed E-state index contributed by atoms with van der Waals surface area (Å²) in [5, 5.41) is 8.49. The molecule has 0 bridgehead atoms. The van der Waals surface area contributed by atoms with E-state index >= 15 is 0 Å². The lowest BCUT2D eigenvalue weighted by Gasteiger charge is -2.10. The molecule has 0 saturated heterocycles. The molecule has 0 radical (unpaired) electrons. The molecule has 15 heavy (non-hydrogen) atoms. The van der Waals surface area contributed by atoms with Gasteiger partial charge in [-0.05, 0) is 6.07 Å². The molecule has 0 aliphatic carbocycles. The third-order valence-corrected chi connectivity index (χ3v) is 1.50. The minimum Gasteiger partial charge on any atom is -0.478 e. The number of aromatic nitrogens is 1. The fourth-order valence-corrected chi connectivity index (χ4v) is 0.939. The fourth-order valence-electron chi connectivity index (χ4n) is 0.939. The van der Waals surface area contributed by atoms with Crippen molar-refractivity contribution in [3.63, 3.8) is 0 Å². The number of carbonyl (C=O) groups is 1. The number of aromatic carboxylic acids is 1. The van der Waals surface area contributed by atoms with Crippen LogP contribution in [0, 0.1) is 0 Å². The Labute approximate surface area is 88.3 Å².